The topological polar surface area (TPSA) is 226 Å². The van der Waals surface area contributed by atoms with Gasteiger partial charge in [-0.05, 0) is 40.4 Å². The molecule has 2 aromatic rings. The van der Waals surface area contributed by atoms with Crippen molar-refractivity contribution in [3.05, 3.63) is 69.6 Å². The number of aromatic nitrogens is 1. The summed E-state index contributed by atoms with van der Waals surface area (Å²) in [5.41, 5.74) is -0.885. The zero-order valence-corrected chi connectivity index (χ0v) is 40.9. The Kier molecular flexibility index (Phi) is 15.9. The van der Waals surface area contributed by atoms with Crippen LogP contribution in [0, 0.1) is 30.6 Å². The molecule has 17 heteroatoms. The van der Waals surface area contributed by atoms with Gasteiger partial charge in [-0.3, -0.25) is 19.2 Å². The summed E-state index contributed by atoms with van der Waals surface area (Å²) in [6.07, 6.45) is 5.10. The van der Waals surface area contributed by atoms with E-state index in [1.807, 2.05) is 25.9 Å². The Morgan fingerprint density at radius 2 is 1.69 bits per heavy atom. The smallest absolute Gasteiger partial charge is 0.312 e. The highest BCUT2D eigenvalue weighted by Crippen LogP contribution is 2.51. The number of hydrogen-bond acceptors (Lipinski definition) is 16. The Morgan fingerprint density at radius 1 is 0.971 bits per heavy atom. The van der Waals surface area contributed by atoms with Gasteiger partial charge in [0.2, 0.25) is 5.43 Å². The van der Waals surface area contributed by atoms with Crippen LogP contribution in [-0.2, 0) is 23.8 Å². The maximum Gasteiger partial charge on any atom is 0.312 e. The molecule has 0 saturated carbocycles. The maximum atomic E-state index is 14.9. The lowest BCUT2D eigenvalue weighted by atomic mass is 9.78. The summed E-state index contributed by atoms with van der Waals surface area (Å²) in [4.78, 5) is 63.3. The van der Waals surface area contributed by atoms with Gasteiger partial charge in [-0.1, -0.05) is 59.3 Å². The van der Waals surface area contributed by atoms with E-state index in [4.69, 9.17) is 37.8 Å². The molecule has 68 heavy (non-hydrogen) atoms. The number of benzene rings is 3. The molecule has 0 fully saturated rings. The fourth-order valence-electron chi connectivity index (χ4n) is 8.72. The van der Waals surface area contributed by atoms with Gasteiger partial charge in [0.1, 0.15) is 46.9 Å². The Morgan fingerprint density at radius 3 is 2.35 bits per heavy atom. The predicted molar refractivity (Wildman–Crippen MR) is 255 cm³/mol. The highest BCUT2D eigenvalue weighted by atomic mass is 16.7. The molecule has 3 heterocycles. The Balaban J connectivity index is 1.62. The number of aliphatic hydroxyl groups is 2. The fraction of sp³-hybridized carbons (Fsp3) is 0.510. The summed E-state index contributed by atoms with van der Waals surface area (Å²) in [6.45, 7) is 15.9. The van der Waals surface area contributed by atoms with Gasteiger partial charge in [0.15, 0.2) is 17.1 Å². The molecule has 1 amide bonds. The number of anilines is 1. The third kappa shape index (κ3) is 10.2. The van der Waals surface area contributed by atoms with Crippen LogP contribution < -0.4 is 25.0 Å². The molecule has 368 valence electrons. The summed E-state index contributed by atoms with van der Waals surface area (Å²) < 4.78 is 42.9. The van der Waals surface area contributed by atoms with Crippen molar-refractivity contribution < 1.29 is 62.5 Å². The molecule has 0 unspecified atom stereocenters. The van der Waals surface area contributed by atoms with E-state index in [0.29, 0.717) is 31.3 Å². The van der Waals surface area contributed by atoms with E-state index in [1.54, 1.807) is 52.0 Å². The number of carbonyl (C=O) groups is 3. The lowest BCUT2D eigenvalue weighted by molar-refractivity contribution is -0.160. The number of ketones is 1. The van der Waals surface area contributed by atoms with Gasteiger partial charge in [0, 0.05) is 79.8 Å². The van der Waals surface area contributed by atoms with E-state index < -0.39 is 82.7 Å². The summed E-state index contributed by atoms with van der Waals surface area (Å²) in [7, 11) is 5.28. The van der Waals surface area contributed by atoms with Crippen molar-refractivity contribution in [2.45, 2.75) is 105 Å². The summed E-state index contributed by atoms with van der Waals surface area (Å²) in [5.74, 6) is -6.77. The summed E-state index contributed by atoms with van der Waals surface area (Å²) in [6, 6.07) is 3.28. The molecule has 4 bridgehead atoms. The lowest BCUT2D eigenvalue weighted by Crippen LogP contribution is -2.46. The van der Waals surface area contributed by atoms with Crippen LogP contribution in [0.1, 0.15) is 84.2 Å². The molecule has 0 saturated heterocycles. The quantitative estimate of drug-likeness (QED) is 0.0540. The number of amides is 1. The van der Waals surface area contributed by atoms with Crippen molar-refractivity contribution in [3.63, 3.8) is 0 Å². The minimum Gasteiger partial charge on any atom is -0.507 e. The third-order valence-corrected chi connectivity index (χ3v) is 12.9. The molecular formula is C51H65N3O14. The van der Waals surface area contributed by atoms with Crippen LogP contribution in [0.25, 0.3) is 33.3 Å². The van der Waals surface area contributed by atoms with Crippen LogP contribution in [0.5, 0.6) is 23.0 Å². The zero-order chi connectivity index (χ0) is 49.9. The number of phenolic OH excluding ortho intramolecular Hbond substituents is 1. The molecule has 1 aliphatic carbocycles. The molecule has 0 aromatic heterocycles. The van der Waals surface area contributed by atoms with Gasteiger partial charge in [-0.2, -0.15) is 0 Å². The molecule has 17 nitrogen and oxygen atoms in total. The van der Waals surface area contributed by atoms with Gasteiger partial charge >= 0.3 is 11.8 Å². The van der Waals surface area contributed by atoms with Crippen molar-refractivity contribution >= 4 is 45.2 Å². The predicted octanol–water partition coefficient (Wildman–Crippen LogP) is 7.07. The number of allylic oxidation sites excluding steroid dienone is 2. The van der Waals surface area contributed by atoms with E-state index in [-0.39, 0.29) is 61.5 Å². The summed E-state index contributed by atoms with van der Waals surface area (Å²) in [5, 5.41) is 37.3. The monoisotopic (exact) mass is 943 g/mol. The second-order valence-corrected chi connectivity index (χ2v) is 18.3. The number of unbranched alkanes of at least 4 members (excludes halogenated alkanes) is 1. The first-order valence-electron chi connectivity index (χ1n) is 23.0. The van der Waals surface area contributed by atoms with Crippen molar-refractivity contribution in [1.82, 2.24) is 9.88 Å². The molecule has 6 rings (SSSR count). The third-order valence-electron chi connectivity index (χ3n) is 12.9. The van der Waals surface area contributed by atoms with E-state index in [1.165, 1.54) is 53.2 Å². The number of fused-ring (bicyclic) bond motifs is 2. The standard InChI is InChI=1S/C51H65N3O14/c1-13-14-20-64-34-23-32(63-22-19-54(10)11)24-35-39(34)52-40-36-37-44(58)30(7)47-38(36)49(60)51(9,68-47)65-21-18-33(62-12)27(4)46(66-31(8)55)29(6)43(57)28(5)42(56)25(2)16-15-17-26(3)50(61)53-41(45(37)59)48(40)67-35/h15-18,21,23-25,27-29,33,42-43,46,56-58H,13-14,19-20,22H2,1-12H3,(H,53,61)/b16-15+,21-18+,26-17-/t25-,27+,28+,29+,33-,42-,43+,46+,51-/m0/s1. The van der Waals surface area contributed by atoms with E-state index in [0.717, 1.165) is 12.8 Å². The number of rotatable bonds is 10. The first-order chi connectivity index (χ1) is 32.1. The minimum absolute atomic E-state index is 0.0455. The van der Waals surface area contributed by atoms with Crippen LogP contribution in [-0.4, -0.2) is 114 Å². The number of hydrogen-bond donors (Lipinski definition) is 4. The number of Topliss-reactive ketones (excluding diaryl/α,β-unsaturated/α-hetero) is 1. The average Bonchev–Trinajstić information content (AvgIpc) is 3.56. The highest BCUT2D eigenvalue weighted by Gasteiger charge is 2.50. The number of ether oxygens (including phenoxy) is 6. The number of methoxy groups -OCH3 is 1. The van der Waals surface area contributed by atoms with Crippen molar-refractivity contribution in [2.75, 3.05) is 46.3 Å². The van der Waals surface area contributed by atoms with Gasteiger partial charge in [-0.15, -0.1) is 0 Å². The fourth-order valence-corrected chi connectivity index (χ4v) is 8.72. The zero-order valence-electron chi connectivity index (χ0n) is 40.9. The van der Waals surface area contributed by atoms with Crippen molar-refractivity contribution in [1.29, 1.82) is 0 Å². The molecule has 3 aliphatic heterocycles. The van der Waals surface area contributed by atoms with Gasteiger partial charge in [0.25, 0.3) is 11.7 Å². The second kappa shape index (κ2) is 21.1. The Labute approximate surface area is 396 Å². The van der Waals surface area contributed by atoms with Crippen LogP contribution in [0.15, 0.2) is 57.5 Å². The number of aliphatic hydroxyl groups excluding tert-OH is 2. The summed E-state index contributed by atoms with van der Waals surface area (Å²) >= 11 is 0. The van der Waals surface area contributed by atoms with Crippen LogP contribution in [0.3, 0.4) is 0 Å². The number of nitrogens with one attached hydrogen (secondary N) is 1. The van der Waals surface area contributed by atoms with Gasteiger partial charge in [-0.25, -0.2) is 4.98 Å². The number of esters is 1. The van der Waals surface area contributed by atoms with E-state index >= 15 is 0 Å². The second-order valence-electron chi connectivity index (χ2n) is 18.3. The average molecular weight is 944 g/mol. The Hall–Kier alpha value is -6.01. The van der Waals surface area contributed by atoms with Crippen LogP contribution in [0.4, 0.5) is 5.69 Å². The largest absolute Gasteiger partial charge is 0.507 e. The molecule has 4 aliphatic rings. The first kappa shape index (κ1) is 51.4. The molecule has 4 N–H and O–H groups in total. The van der Waals surface area contributed by atoms with E-state index in [2.05, 4.69) is 5.32 Å². The number of likely N-dealkylation sites (N-methyl/N-ethyl adjacent to an activating group) is 1. The van der Waals surface area contributed by atoms with Crippen molar-refractivity contribution in [2.24, 2.45) is 23.7 Å². The van der Waals surface area contributed by atoms with Crippen LogP contribution in [0.2, 0.25) is 0 Å². The molecule has 0 radical (unpaired) electrons. The number of nitrogens with zero attached hydrogens (tertiary/aromatic N) is 2. The van der Waals surface area contributed by atoms with Crippen molar-refractivity contribution in [3.8, 4) is 34.5 Å². The van der Waals surface area contributed by atoms with E-state index in [9.17, 15) is 34.5 Å². The number of carbonyl (C=O) groups excluding carboxylic acids is 3. The SMILES string of the molecule is CCCCOc1cc(OCCN(C)C)cc2oc3c4c(=O)c5c(O)c(C)c6c(c5c-3nc12)C(=O)[C@@](C)(O/C=C/[C@H](OC)[C@@H](C)[C@@H](OC(C)=O)[C@H](C)[C@H](O)[C@H](C)[C@@H](O)[C@@H](C)/C=C/C=C(/C)C(=O)N4)O6. The molecule has 0 spiro atoms. The minimum atomic E-state index is -2.07. The number of aromatic hydroxyl groups is 1. The van der Waals surface area contributed by atoms with Gasteiger partial charge in [0.05, 0.1) is 42.1 Å². The Bertz CT molecular complexity index is 2670. The normalized spacial score (nSPS) is 27.7. The molecule has 2 aromatic carbocycles. The first-order valence-corrected chi connectivity index (χ1v) is 23.0. The van der Waals surface area contributed by atoms with Gasteiger partial charge < -0.3 is 58.4 Å². The molecular weight excluding hydrogens is 879 g/mol. The van der Waals surface area contributed by atoms with Crippen LogP contribution >= 0.6 is 0 Å². The molecule has 9 atom stereocenters. The lowest BCUT2D eigenvalue weighted by Gasteiger charge is -2.38. The number of phenols is 1. The highest BCUT2D eigenvalue weighted by molar-refractivity contribution is 6.22. The maximum absolute atomic E-state index is 14.9.